The van der Waals surface area contributed by atoms with Crippen molar-refractivity contribution in [2.75, 3.05) is 49.5 Å². The Morgan fingerprint density at radius 2 is 1.91 bits per heavy atom. The maximum Gasteiger partial charge on any atom is 0.255 e. The minimum absolute atomic E-state index is 0.447. The van der Waals surface area contributed by atoms with E-state index in [9.17, 15) is 0 Å². The van der Waals surface area contributed by atoms with E-state index in [-0.39, 0.29) is 0 Å². The van der Waals surface area contributed by atoms with Crippen LogP contribution in [0.2, 0.25) is 0 Å². The van der Waals surface area contributed by atoms with Crippen LogP contribution in [0.4, 0.5) is 11.6 Å². The zero-order valence-corrected chi connectivity index (χ0v) is 19.8. The first-order valence-corrected chi connectivity index (χ1v) is 12.6. The van der Waals surface area contributed by atoms with Crippen molar-refractivity contribution in [3.8, 4) is 0 Å². The molecule has 5 rings (SSSR count). The summed E-state index contributed by atoms with van der Waals surface area (Å²) in [4.78, 5) is 18.9. The molecule has 32 heavy (non-hydrogen) atoms. The number of nitrogens with zero attached hydrogens (tertiary/aromatic N) is 7. The highest BCUT2D eigenvalue weighted by molar-refractivity contribution is 7.99. The standard InChI is InChI=1S/C23H32N8S/c1-17(2)32-23-27-22-26-19-8-4-3-7-18(19)21(31(22)28-23)25-11-12-29-13-15-30(16-14-29)20-9-5-6-10-24-20/h5-6,9-10,17,25H,3-4,7-8,11-16H2,1-2H3. The van der Waals surface area contributed by atoms with Gasteiger partial charge in [0.15, 0.2) is 0 Å². The van der Waals surface area contributed by atoms with Crippen molar-refractivity contribution in [1.82, 2.24) is 29.5 Å². The summed E-state index contributed by atoms with van der Waals surface area (Å²) >= 11 is 1.69. The summed E-state index contributed by atoms with van der Waals surface area (Å²) in [5.74, 6) is 2.90. The maximum atomic E-state index is 4.85. The Balaban J connectivity index is 1.25. The van der Waals surface area contributed by atoms with Crippen molar-refractivity contribution >= 4 is 29.2 Å². The van der Waals surface area contributed by atoms with E-state index in [2.05, 4.69) is 46.1 Å². The van der Waals surface area contributed by atoms with Gasteiger partial charge in [-0.15, -0.1) is 5.10 Å². The molecule has 0 aromatic carbocycles. The summed E-state index contributed by atoms with van der Waals surface area (Å²) in [7, 11) is 0. The quantitative estimate of drug-likeness (QED) is 0.548. The summed E-state index contributed by atoms with van der Waals surface area (Å²) in [6.45, 7) is 10.4. The minimum atomic E-state index is 0.447. The highest BCUT2D eigenvalue weighted by Gasteiger charge is 2.22. The molecule has 9 heteroatoms. The number of rotatable bonds is 7. The van der Waals surface area contributed by atoms with Crippen molar-refractivity contribution in [1.29, 1.82) is 0 Å². The lowest BCUT2D eigenvalue weighted by molar-refractivity contribution is 0.266. The smallest absolute Gasteiger partial charge is 0.255 e. The first-order chi connectivity index (χ1) is 15.7. The van der Waals surface area contributed by atoms with Crippen LogP contribution in [0.5, 0.6) is 0 Å². The lowest BCUT2D eigenvalue weighted by atomic mass is 9.96. The van der Waals surface area contributed by atoms with Gasteiger partial charge in [-0.3, -0.25) is 4.90 Å². The van der Waals surface area contributed by atoms with E-state index in [1.165, 1.54) is 24.1 Å². The average molecular weight is 453 g/mol. The molecule has 1 saturated heterocycles. The average Bonchev–Trinajstić information content (AvgIpc) is 3.21. The van der Waals surface area contributed by atoms with E-state index >= 15 is 0 Å². The molecule has 0 unspecified atom stereocenters. The third-order valence-corrected chi connectivity index (χ3v) is 7.00. The molecular weight excluding hydrogens is 420 g/mol. The van der Waals surface area contributed by atoms with Crippen LogP contribution in [0, 0.1) is 0 Å². The van der Waals surface area contributed by atoms with Crippen molar-refractivity contribution in [2.24, 2.45) is 0 Å². The fraction of sp³-hybridized carbons (Fsp3) is 0.565. The lowest BCUT2D eigenvalue weighted by Crippen LogP contribution is -2.48. The van der Waals surface area contributed by atoms with Crippen LogP contribution >= 0.6 is 11.8 Å². The van der Waals surface area contributed by atoms with Crippen LogP contribution in [0.1, 0.15) is 37.9 Å². The molecule has 0 amide bonds. The maximum absolute atomic E-state index is 4.85. The molecule has 8 nitrogen and oxygen atoms in total. The number of hydrogen-bond acceptors (Lipinski definition) is 8. The van der Waals surface area contributed by atoms with Gasteiger partial charge in [0.25, 0.3) is 5.78 Å². The summed E-state index contributed by atoms with van der Waals surface area (Å²) < 4.78 is 1.94. The molecule has 2 aliphatic rings. The molecule has 1 N–H and O–H groups in total. The fourth-order valence-corrected chi connectivity index (χ4v) is 5.23. The molecule has 1 fully saturated rings. The second-order valence-electron chi connectivity index (χ2n) is 8.81. The van der Waals surface area contributed by atoms with Crippen molar-refractivity contribution in [3.05, 3.63) is 35.7 Å². The Hall–Kier alpha value is -2.39. The minimum Gasteiger partial charge on any atom is -0.368 e. The van der Waals surface area contributed by atoms with Crippen molar-refractivity contribution in [2.45, 2.75) is 49.9 Å². The summed E-state index contributed by atoms with van der Waals surface area (Å²) in [5.41, 5.74) is 2.53. The first kappa shape index (κ1) is 21.5. The third-order valence-electron chi connectivity index (χ3n) is 6.15. The molecule has 3 aromatic rings. The van der Waals surface area contributed by atoms with Gasteiger partial charge in [-0.1, -0.05) is 31.7 Å². The monoisotopic (exact) mass is 452 g/mol. The van der Waals surface area contributed by atoms with Gasteiger partial charge in [0.1, 0.15) is 11.6 Å². The molecule has 0 atom stereocenters. The van der Waals surface area contributed by atoms with Gasteiger partial charge in [0.2, 0.25) is 5.16 Å². The number of pyridine rings is 1. The highest BCUT2D eigenvalue weighted by atomic mass is 32.2. The van der Waals surface area contributed by atoms with Crippen molar-refractivity contribution in [3.63, 3.8) is 0 Å². The molecular formula is C23H32N8S. The van der Waals surface area contributed by atoms with Gasteiger partial charge in [-0.25, -0.2) is 9.97 Å². The Morgan fingerprint density at radius 3 is 2.69 bits per heavy atom. The summed E-state index contributed by atoms with van der Waals surface area (Å²) in [6.07, 6.45) is 6.40. The van der Waals surface area contributed by atoms with Gasteiger partial charge in [0, 0.05) is 56.3 Å². The lowest BCUT2D eigenvalue weighted by Gasteiger charge is -2.35. The van der Waals surface area contributed by atoms with E-state index in [1.807, 2.05) is 16.8 Å². The van der Waals surface area contributed by atoms with Gasteiger partial charge < -0.3 is 10.2 Å². The largest absolute Gasteiger partial charge is 0.368 e. The molecule has 1 aliphatic heterocycles. The molecule has 0 bridgehead atoms. The SMILES string of the molecule is CC(C)Sc1nc2nc3c(c(NCCN4CCN(c5ccccn5)CC4)n2n1)CCCC3. The van der Waals surface area contributed by atoms with E-state index in [0.29, 0.717) is 5.25 Å². The van der Waals surface area contributed by atoms with Crippen LogP contribution in [0.3, 0.4) is 0 Å². The number of aryl methyl sites for hydroxylation is 1. The second-order valence-corrected chi connectivity index (χ2v) is 10.4. The number of anilines is 2. The summed E-state index contributed by atoms with van der Waals surface area (Å²) in [6, 6.07) is 6.13. The normalized spacial score (nSPS) is 17.2. The number of nitrogens with one attached hydrogen (secondary N) is 1. The summed E-state index contributed by atoms with van der Waals surface area (Å²) in [5, 5.41) is 9.76. The van der Waals surface area contributed by atoms with E-state index in [0.717, 1.165) is 74.7 Å². The number of aromatic nitrogens is 5. The molecule has 1 aliphatic carbocycles. The zero-order chi connectivity index (χ0) is 21.9. The third kappa shape index (κ3) is 4.68. The molecule has 3 aromatic heterocycles. The number of fused-ring (bicyclic) bond motifs is 2. The number of piperazine rings is 1. The van der Waals surface area contributed by atoms with Gasteiger partial charge in [-0.2, -0.15) is 9.50 Å². The van der Waals surface area contributed by atoms with Crippen LogP contribution < -0.4 is 10.2 Å². The van der Waals surface area contributed by atoms with E-state index in [1.54, 1.807) is 11.8 Å². The molecule has 0 spiro atoms. The molecule has 0 saturated carbocycles. The Labute approximate surface area is 193 Å². The number of hydrogen-bond donors (Lipinski definition) is 1. The Bertz CT molecular complexity index is 1040. The van der Waals surface area contributed by atoms with E-state index < -0.39 is 0 Å². The van der Waals surface area contributed by atoms with Gasteiger partial charge >= 0.3 is 0 Å². The Kier molecular flexibility index (Phi) is 6.45. The predicted octanol–water partition coefficient (Wildman–Crippen LogP) is 3.13. The van der Waals surface area contributed by atoms with Crippen LogP contribution in [-0.4, -0.2) is 74.0 Å². The van der Waals surface area contributed by atoms with Crippen LogP contribution in [-0.2, 0) is 12.8 Å². The predicted molar refractivity (Wildman–Crippen MR) is 130 cm³/mol. The second kappa shape index (κ2) is 9.62. The molecule has 170 valence electrons. The zero-order valence-electron chi connectivity index (χ0n) is 19.0. The van der Waals surface area contributed by atoms with Crippen LogP contribution in [0.25, 0.3) is 5.78 Å². The topological polar surface area (TPSA) is 74.5 Å². The fourth-order valence-electron chi connectivity index (χ4n) is 4.54. The van der Waals surface area contributed by atoms with Crippen LogP contribution in [0.15, 0.2) is 29.6 Å². The molecule has 0 radical (unpaired) electrons. The molecule has 4 heterocycles. The highest BCUT2D eigenvalue weighted by Crippen LogP contribution is 2.29. The van der Waals surface area contributed by atoms with E-state index in [4.69, 9.17) is 15.1 Å². The first-order valence-electron chi connectivity index (χ1n) is 11.7. The number of thioether (sulfide) groups is 1. The van der Waals surface area contributed by atoms with Crippen molar-refractivity contribution < 1.29 is 0 Å². The van der Waals surface area contributed by atoms with Gasteiger partial charge in [-0.05, 0) is 37.8 Å². The van der Waals surface area contributed by atoms with Gasteiger partial charge in [0.05, 0.1) is 5.69 Å². The Morgan fingerprint density at radius 1 is 1.06 bits per heavy atom.